The van der Waals surface area contributed by atoms with Crippen molar-refractivity contribution in [3.8, 4) is 0 Å². The largest absolute Gasteiger partial charge is 0.327 e. The third-order valence-corrected chi connectivity index (χ3v) is 7.80. The van der Waals surface area contributed by atoms with E-state index in [-0.39, 0.29) is 11.9 Å². The Balaban J connectivity index is 1.27. The van der Waals surface area contributed by atoms with Gasteiger partial charge in [-0.2, -0.15) is 0 Å². The minimum absolute atomic E-state index is 0.0320. The van der Waals surface area contributed by atoms with Gasteiger partial charge >= 0.3 is 0 Å². The molecule has 1 atom stereocenters. The molecule has 1 unspecified atom stereocenters. The number of aromatic nitrogens is 2. The van der Waals surface area contributed by atoms with E-state index in [0.29, 0.717) is 6.04 Å². The number of para-hydroxylation sites is 1. The summed E-state index contributed by atoms with van der Waals surface area (Å²) in [6.07, 6.45) is 3.93. The highest BCUT2D eigenvalue weighted by Gasteiger charge is 2.37. The molecule has 4 aromatic rings. The van der Waals surface area contributed by atoms with Crippen molar-refractivity contribution in [2.24, 2.45) is 0 Å². The van der Waals surface area contributed by atoms with E-state index in [9.17, 15) is 4.79 Å². The van der Waals surface area contributed by atoms with E-state index in [1.54, 1.807) is 29.3 Å². The molecule has 0 saturated heterocycles. The van der Waals surface area contributed by atoms with Gasteiger partial charge in [0.15, 0.2) is 4.34 Å². The highest BCUT2D eigenvalue weighted by atomic mass is 32.2. The first-order chi connectivity index (χ1) is 15.2. The molecule has 1 aliphatic rings. The van der Waals surface area contributed by atoms with Gasteiger partial charge in [0.1, 0.15) is 0 Å². The van der Waals surface area contributed by atoms with E-state index in [0.717, 1.165) is 39.7 Å². The SMILES string of the molecule is CC(c1ccccn1)N(C(=O)c1ccc(CSc2nc3ccccc3s2)cc1)C1CC1. The lowest BCUT2D eigenvalue weighted by Gasteiger charge is -2.29. The predicted octanol–water partition coefficient (Wildman–Crippen LogP) is 6.35. The van der Waals surface area contributed by atoms with Crippen molar-refractivity contribution < 1.29 is 4.79 Å². The molecule has 1 aliphatic carbocycles. The summed E-state index contributed by atoms with van der Waals surface area (Å²) in [6.45, 7) is 2.07. The zero-order chi connectivity index (χ0) is 21.2. The van der Waals surface area contributed by atoms with Crippen LogP contribution in [0.2, 0.25) is 0 Å². The number of carbonyl (C=O) groups is 1. The summed E-state index contributed by atoms with van der Waals surface area (Å²) in [5.74, 6) is 0.927. The Labute approximate surface area is 190 Å². The number of pyridine rings is 1. The Kier molecular flexibility index (Phi) is 5.74. The summed E-state index contributed by atoms with van der Waals surface area (Å²) in [6, 6.07) is 22.4. The van der Waals surface area contributed by atoms with Crippen molar-refractivity contribution in [1.29, 1.82) is 0 Å². The van der Waals surface area contributed by atoms with Crippen molar-refractivity contribution in [3.63, 3.8) is 0 Å². The Hall–Kier alpha value is -2.70. The van der Waals surface area contributed by atoms with Crippen LogP contribution in [0.5, 0.6) is 0 Å². The second-order valence-electron chi connectivity index (χ2n) is 7.81. The van der Waals surface area contributed by atoms with Gasteiger partial charge in [0.25, 0.3) is 5.91 Å². The first kappa shape index (κ1) is 20.2. The number of carbonyl (C=O) groups excluding carboxylic acids is 1. The van der Waals surface area contributed by atoms with Gasteiger partial charge in [-0.05, 0) is 61.7 Å². The molecule has 0 aliphatic heterocycles. The smallest absolute Gasteiger partial charge is 0.254 e. The normalized spacial score (nSPS) is 14.5. The quantitative estimate of drug-likeness (QED) is 0.311. The van der Waals surface area contributed by atoms with Crippen LogP contribution in [0.4, 0.5) is 0 Å². The Morgan fingerprint density at radius 1 is 1.10 bits per heavy atom. The molecule has 1 saturated carbocycles. The topological polar surface area (TPSA) is 46.1 Å². The van der Waals surface area contributed by atoms with Gasteiger partial charge in [0, 0.05) is 23.6 Å². The molecule has 1 amide bonds. The molecule has 4 nitrogen and oxygen atoms in total. The maximum atomic E-state index is 13.3. The van der Waals surface area contributed by atoms with Gasteiger partial charge in [-0.1, -0.05) is 42.1 Å². The van der Waals surface area contributed by atoms with E-state index in [1.165, 1.54) is 10.3 Å². The lowest BCUT2D eigenvalue weighted by molar-refractivity contribution is 0.0670. The standard InChI is InChI=1S/C25H23N3OS2/c1-17(21-6-4-5-15-26-21)28(20-13-14-20)24(29)19-11-9-18(10-12-19)16-30-25-27-22-7-2-3-8-23(22)31-25/h2-12,15,17,20H,13-14,16H2,1H3. The zero-order valence-electron chi connectivity index (χ0n) is 17.3. The fraction of sp³-hybridized carbons (Fsp3) is 0.240. The number of thioether (sulfide) groups is 1. The van der Waals surface area contributed by atoms with E-state index in [2.05, 4.69) is 35.1 Å². The third-order valence-electron chi connectivity index (χ3n) is 5.55. The van der Waals surface area contributed by atoms with E-state index < -0.39 is 0 Å². The molecule has 1 fully saturated rings. The van der Waals surface area contributed by atoms with Gasteiger partial charge in [-0.15, -0.1) is 11.3 Å². The number of nitrogens with zero attached hydrogens (tertiary/aromatic N) is 3. The summed E-state index contributed by atoms with van der Waals surface area (Å²) in [4.78, 5) is 24.5. The van der Waals surface area contributed by atoms with Crippen LogP contribution in [-0.4, -0.2) is 26.8 Å². The molecule has 0 N–H and O–H groups in total. The number of fused-ring (bicyclic) bond motifs is 1. The first-order valence-corrected chi connectivity index (χ1v) is 12.3. The van der Waals surface area contributed by atoms with Gasteiger partial charge < -0.3 is 4.90 Å². The summed E-state index contributed by atoms with van der Waals surface area (Å²) in [5, 5.41) is 0. The van der Waals surface area contributed by atoms with Crippen LogP contribution in [0.3, 0.4) is 0 Å². The predicted molar refractivity (Wildman–Crippen MR) is 127 cm³/mol. The van der Waals surface area contributed by atoms with Crippen LogP contribution in [0.1, 0.15) is 47.4 Å². The van der Waals surface area contributed by atoms with Crippen LogP contribution >= 0.6 is 23.1 Å². The second kappa shape index (κ2) is 8.81. The Morgan fingerprint density at radius 2 is 1.87 bits per heavy atom. The third kappa shape index (κ3) is 4.50. The fourth-order valence-corrected chi connectivity index (χ4v) is 5.75. The molecule has 2 heterocycles. The minimum atomic E-state index is -0.0320. The molecule has 2 aromatic heterocycles. The Bertz CT molecular complexity index is 1150. The van der Waals surface area contributed by atoms with Gasteiger partial charge in [-0.3, -0.25) is 9.78 Å². The molecular weight excluding hydrogens is 422 g/mol. The van der Waals surface area contributed by atoms with Crippen molar-refractivity contribution >= 4 is 39.2 Å². The molecule has 0 radical (unpaired) electrons. The number of hydrogen-bond donors (Lipinski definition) is 0. The fourth-order valence-electron chi connectivity index (χ4n) is 3.73. The van der Waals surface area contributed by atoms with E-state index in [4.69, 9.17) is 0 Å². The van der Waals surface area contributed by atoms with Gasteiger partial charge in [-0.25, -0.2) is 4.98 Å². The van der Waals surface area contributed by atoms with Crippen LogP contribution in [0.15, 0.2) is 77.3 Å². The van der Waals surface area contributed by atoms with E-state index >= 15 is 0 Å². The highest BCUT2D eigenvalue weighted by molar-refractivity contribution is 8.00. The van der Waals surface area contributed by atoms with Crippen LogP contribution in [-0.2, 0) is 5.75 Å². The maximum Gasteiger partial charge on any atom is 0.254 e. The van der Waals surface area contributed by atoms with Gasteiger partial charge in [0.05, 0.1) is 22.0 Å². The number of thiazole rings is 1. The number of benzene rings is 2. The second-order valence-corrected chi connectivity index (χ2v) is 10.1. The van der Waals surface area contributed by atoms with Crippen molar-refractivity contribution in [2.45, 2.75) is 41.9 Å². The minimum Gasteiger partial charge on any atom is -0.327 e. The summed E-state index contributed by atoms with van der Waals surface area (Å²) in [5.41, 5.74) is 3.92. The van der Waals surface area contributed by atoms with E-state index in [1.807, 2.05) is 53.4 Å². The number of rotatable bonds is 7. The molecule has 2 aromatic carbocycles. The lowest BCUT2D eigenvalue weighted by atomic mass is 10.1. The molecule has 0 spiro atoms. The van der Waals surface area contributed by atoms with Crippen molar-refractivity contribution in [2.75, 3.05) is 0 Å². The summed E-state index contributed by atoms with van der Waals surface area (Å²) in [7, 11) is 0. The maximum absolute atomic E-state index is 13.3. The molecule has 31 heavy (non-hydrogen) atoms. The highest BCUT2D eigenvalue weighted by Crippen LogP contribution is 2.35. The molecule has 6 heteroatoms. The summed E-state index contributed by atoms with van der Waals surface area (Å²) >= 11 is 3.47. The first-order valence-electron chi connectivity index (χ1n) is 10.5. The average molecular weight is 446 g/mol. The van der Waals surface area contributed by atoms with Crippen molar-refractivity contribution in [3.05, 3.63) is 89.7 Å². The Morgan fingerprint density at radius 3 is 2.58 bits per heavy atom. The monoisotopic (exact) mass is 445 g/mol. The van der Waals surface area contributed by atoms with Crippen molar-refractivity contribution in [1.82, 2.24) is 14.9 Å². The number of hydrogen-bond acceptors (Lipinski definition) is 5. The molecule has 156 valence electrons. The molecule has 5 rings (SSSR count). The van der Waals surface area contributed by atoms with Crippen LogP contribution in [0, 0.1) is 0 Å². The number of amides is 1. The average Bonchev–Trinajstić information content (AvgIpc) is 3.56. The molecular formula is C25H23N3OS2. The summed E-state index contributed by atoms with van der Waals surface area (Å²) < 4.78 is 2.29. The van der Waals surface area contributed by atoms with Crippen LogP contribution < -0.4 is 0 Å². The van der Waals surface area contributed by atoms with Crippen LogP contribution in [0.25, 0.3) is 10.2 Å². The van der Waals surface area contributed by atoms with Gasteiger partial charge in [0.2, 0.25) is 0 Å². The molecule has 0 bridgehead atoms. The zero-order valence-corrected chi connectivity index (χ0v) is 18.9. The lowest BCUT2D eigenvalue weighted by Crippen LogP contribution is -2.35.